The Balaban J connectivity index is 2.30. The molecule has 1 aromatic heterocycles. The first-order valence-corrected chi connectivity index (χ1v) is 4.34. The number of nitrogens with two attached hydrogens (primary N) is 1. The fourth-order valence-corrected chi connectivity index (χ4v) is 1.66. The van der Waals surface area contributed by atoms with Gasteiger partial charge < -0.3 is 10.3 Å². The van der Waals surface area contributed by atoms with Crippen molar-refractivity contribution in [3.63, 3.8) is 0 Å². The van der Waals surface area contributed by atoms with E-state index in [1.54, 1.807) is 0 Å². The molecule has 66 valence electrons. The number of hydrogen-bond acceptors (Lipinski definition) is 3. The second-order valence-electron chi connectivity index (χ2n) is 3.78. The van der Waals surface area contributed by atoms with Gasteiger partial charge in [0, 0.05) is 17.5 Å². The summed E-state index contributed by atoms with van der Waals surface area (Å²) >= 11 is 0. The van der Waals surface area contributed by atoms with Crippen LogP contribution in [0.2, 0.25) is 0 Å². The maximum absolute atomic E-state index is 5.89. The highest BCUT2D eigenvalue weighted by atomic mass is 16.5. The fraction of sp³-hybridized carbons (Fsp3) is 0.667. The molecule has 12 heavy (non-hydrogen) atoms. The van der Waals surface area contributed by atoms with E-state index >= 15 is 0 Å². The normalized spacial score (nSPS) is 22.2. The molecule has 1 unspecified atom stereocenters. The van der Waals surface area contributed by atoms with Gasteiger partial charge in [-0.25, -0.2) is 0 Å². The van der Waals surface area contributed by atoms with Crippen LogP contribution in [0.25, 0.3) is 0 Å². The third-order valence-electron chi connectivity index (χ3n) is 2.78. The van der Waals surface area contributed by atoms with Crippen LogP contribution in [0.3, 0.4) is 0 Å². The standard InChI is InChI=1S/C9H14N2O/c1-6-5-8(12-11-6)9(3-4-9)7(2)10/h5,7H,3-4,10H2,1-2H3. The van der Waals surface area contributed by atoms with E-state index in [1.165, 1.54) is 0 Å². The predicted octanol–water partition coefficient (Wildman–Crippen LogP) is 1.36. The smallest absolute Gasteiger partial charge is 0.144 e. The molecule has 2 rings (SSSR count). The monoisotopic (exact) mass is 166 g/mol. The van der Waals surface area contributed by atoms with Crippen LogP contribution in [0.4, 0.5) is 0 Å². The molecule has 1 aromatic rings. The third kappa shape index (κ3) is 0.966. The molecule has 0 amide bonds. The van der Waals surface area contributed by atoms with Gasteiger partial charge in [-0.05, 0) is 26.7 Å². The molecule has 0 radical (unpaired) electrons. The van der Waals surface area contributed by atoms with Gasteiger partial charge >= 0.3 is 0 Å². The Labute approximate surface area is 71.9 Å². The Bertz CT molecular complexity index is 286. The van der Waals surface area contributed by atoms with Crippen LogP contribution in [0.1, 0.15) is 31.2 Å². The fourth-order valence-electron chi connectivity index (χ4n) is 1.66. The van der Waals surface area contributed by atoms with Gasteiger partial charge in [0.05, 0.1) is 5.69 Å². The van der Waals surface area contributed by atoms with Gasteiger partial charge in [-0.3, -0.25) is 0 Å². The van der Waals surface area contributed by atoms with E-state index in [0.717, 1.165) is 24.3 Å². The predicted molar refractivity (Wildman–Crippen MR) is 45.8 cm³/mol. The Hall–Kier alpha value is -0.830. The van der Waals surface area contributed by atoms with Crippen LogP contribution in [0.15, 0.2) is 10.6 Å². The highest BCUT2D eigenvalue weighted by molar-refractivity contribution is 5.25. The minimum atomic E-state index is 0.112. The maximum Gasteiger partial charge on any atom is 0.144 e. The number of aromatic nitrogens is 1. The highest BCUT2D eigenvalue weighted by Gasteiger charge is 2.50. The van der Waals surface area contributed by atoms with Crippen LogP contribution in [-0.2, 0) is 5.41 Å². The van der Waals surface area contributed by atoms with Crippen molar-refractivity contribution in [3.8, 4) is 0 Å². The molecule has 3 nitrogen and oxygen atoms in total. The van der Waals surface area contributed by atoms with Gasteiger partial charge in [0.2, 0.25) is 0 Å². The molecule has 0 aromatic carbocycles. The molecule has 1 saturated carbocycles. The number of nitrogens with zero attached hydrogens (tertiary/aromatic N) is 1. The van der Waals surface area contributed by atoms with Crippen LogP contribution in [0, 0.1) is 6.92 Å². The molecule has 0 spiro atoms. The minimum absolute atomic E-state index is 0.112. The summed E-state index contributed by atoms with van der Waals surface area (Å²) < 4.78 is 5.22. The van der Waals surface area contributed by atoms with Crippen molar-refractivity contribution in [2.45, 2.75) is 38.1 Å². The first kappa shape index (κ1) is 7.80. The minimum Gasteiger partial charge on any atom is -0.360 e. The van der Waals surface area contributed by atoms with Crippen molar-refractivity contribution in [2.75, 3.05) is 0 Å². The molecular formula is C9H14N2O. The Kier molecular flexibility index (Phi) is 1.51. The van der Waals surface area contributed by atoms with Gasteiger partial charge in [0.25, 0.3) is 0 Å². The van der Waals surface area contributed by atoms with Crippen LogP contribution < -0.4 is 5.73 Å². The lowest BCUT2D eigenvalue weighted by Crippen LogP contribution is -2.31. The Morgan fingerprint density at radius 1 is 1.67 bits per heavy atom. The second kappa shape index (κ2) is 2.33. The Morgan fingerprint density at radius 2 is 2.33 bits per heavy atom. The quantitative estimate of drug-likeness (QED) is 0.721. The summed E-state index contributed by atoms with van der Waals surface area (Å²) in [6.07, 6.45) is 2.28. The zero-order valence-electron chi connectivity index (χ0n) is 7.50. The average Bonchev–Trinajstić information content (AvgIpc) is 2.71. The molecular weight excluding hydrogens is 152 g/mol. The largest absolute Gasteiger partial charge is 0.360 e. The highest BCUT2D eigenvalue weighted by Crippen LogP contribution is 2.50. The summed E-state index contributed by atoms with van der Waals surface area (Å²) in [5.74, 6) is 0.968. The van der Waals surface area contributed by atoms with Crippen LogP contribution in [-0.4, -0.2) is 11.2 Å². The zero-order valence-corrected chi connectivity index (χ0v) is 7.50. The van der Waals surface area contributed by atoms with E-state index in [4.69, 9.17) is 10.3 Å². The molecule has 0 saturated heterocycles. The molecule has 3 heteroatoms. The van der Waals surface area contributed by atoms with Crippen molar-refractivity contribution in [2.24, 2.45) is 5.73 Å². The lowest BCUT2D eigenvalue weighted by atomic mass is 9.95. The summed E-state index contributed by atoms with van der Waals surface area (Å²) in [6, 6.07) is 2.17. The van der Waals surface area contributed by atoms with Gasteiger partial charge in [-0.15, -0.1) is 0 Å². The van der Waals surface area contributed by atoms with Gasteiger partial charge in [0.15, 0.2) is 0 Å². The second-order valence-corrected chi connectivity index (χ2v) is 3.78. The van der Waals surface area contributed by atoms with Crippen LogP contribution >= 0.6 is 0 Å². The molecule has 0 bridgehead atoms. The molecule has 1 aliphatic rings. The van der Waals surface area contributed by atoms with Crippen molar-refractivity contribution >= 4 is 0 Å². The summed E-state index contributed by atoms with van der Waals surface area (Å²) in [5, 5.41) is 3.87. The van der Waals surface area contributed by atoms with Crippen molar-refractivity contribution < 1.29 is 4.52 Å². The van der Waals surface area contributed by atoms with Gasteiger partial charge in [0.1, 0.15) is 5.76 Å². The third-order valence-corrected chi connectivity index (χ3v) is 2.78. The Morgan fingerprint density at radius 3 is 2.67 bits per heavy atom. The number of hydrogen-bond donors (Lipinski definition) is 1. The lowest BCUT2D eigenvalue weighted by molar-refractivity contribution is 0.333. The first-order chi connectivity index (χ1) is 5.65. The zero-order chi connectivity index (χ0) is 8.77. The molecule has 1 heterocycles. The number of rotatable bonds is 2. The summed E-state index contributed by atoms with van der Waals surface area (Å²) in [4.78, 5) is 0. The van der Waals surface area contributed by atoms with Gasteiger partial charge in [-0.2, -0.15) is 0 Å². The van der Waals surface area contributed by atoms with E-state index in [-0.39, 0.29) is 11.5 Å². The lowest BCUT2D eigenvalue weighted by Gasteiger charge is -2.14. The maximum atomic E-state index is 5.89. The average molecular weight is 166 g/mol. The molecule has 1 atom stereocenters. The first-order valence-electron chi connectivity index (χ1n) is 4.34. The van der Waals surface area contributed by atoms with E-state index in [9.17, 15) is 0 Å². The van der Waals surface area contributed by atoms with Crippen molar-refractivity contribution in [3.05, 3.63) is 17.5 Å². The SMILES string of the molecule is Cc1cc(C2(C(C)N)CC2)on1. The molecule has 2 N–H and O–H groups in total. The van der Waals surface area contributed by atoms with E-state index < -0.39 is 0 Å². The molecule has 1 aliphatic carbocycles. The van der Waals surface area contributed by atoms with Gasteiger partial charge in [-0.1, -0.05) is 5.16 Å². The van der Waals surface area contributed by atoms with Crippen LogP contribution in [0.5, 0.6) is 0 Å². The van der Waals surface area contributed by atoms with E-state index in [2.05, 4.69) is 5.16 Å². The summed E-state index contributed by atoms with van der Waals surface area (Å²) in [7, 11) is 0. The van der Waals surface area contributed by atoms with E-state index in [1.807, 2.05) is 19.9 Å². The van der Waals surface area contributed by atoms with E-state index in [0.29, 0.717) is 0 Å². The number of aryl methyl sites for hydroxylation is 1. The molecule has 0 aliphatic heterocycles. The van der Waals surface area contributed by atoms with Crippen molar-refractivity contribution in [1.82, 2.24) is 5.16 Å². The summed E-state index contributed by atoms with van der Waals surface area (Å²) in [5.41, 5.74) is 6.94. The summed E-state index contributed by atoms with van der Waals surface area (Å²) in [6.45, 7) is 3.97. The topological polar surface area (TPSA) is 52.0 Å². The van der Waals surface area contributed by atoms with Crippen molar-refractivity contribution in [1.29, 1.82) is 0 Å². The molecule has 1 fully saturated rings.